The molecule has 0 radical (unpaired) electrons. The molecule has 0 saturated heterocycles. The van der Waals surface area contributed by atoms with Gasteiger partial charge in [0.05, 0.1) is 28.0 Å². The van der Waals surface area contributed by atoms with E-state index in [1.54, 1.807) is 0 Å². The summed E-state index contributed by atoms with van der Waals surface area (Å²) in [6, 6.07) is 13.4. The molecule has 1 fully saturated rings. The van der Waals surface area contributed by atoms with Crippen LogP contribution in [0, 0.1) is 5.92 Å². The van der Waals surface area contributed by atoms with Crippen molar-refractivity contribution in [3.05, 3.63) is 74.7 Å². The van der Waals surface area contributed by atoms with Gasteiger partial charge >= 0.3 is 5.69 Å². The van der Waals surface area contributed by atoms with Gasteiger partial charge in [0.2, 0.25) is 0 Å². The van der Waals surface area contributed by atoms with Crippen LogP contribution in [0.25, 0.3) is 21.9 Å². The lowest BCUT2D eigenvalue weighted by atomic mass is 10.0. The first-order valence-electron chi connectivity index (χ1n) is 11.9. The van der Waals surface area contributed by atoms with Crippen molar-refractivity contribution in [3.63, 3.8) is 0 Å². The third-order valence-electron chi connectivity index (χ3n) is 6.53. The number of nitrogens with zero attached hydrogens (tertiary/aromatic N) is 3. The fourth-order valence-corrected chi connectivity index (χ4v) is 4.68. The molecular weight excluding hydrogens is 414 g/mol. The maximum absolute atomic E-state index is 13.8. The van der Waals surface area contributed by atoms with E-state index < -0.39 is 0 Å². The van der Waals surface area contributed by atoms with Crippen molar-refractivity contribution in [1.82, 2.24) is 24.4 Å². The first kappa shape index (κ1) is 21.6. The molecule has 1 aliphatic carbocycles. The van der Waals surface area contributed by atoms with Crippen LogP contribution in [0.2, 0.25) is 0 Å². The number of aromatic amines is 1. The van der Waals surface area contributed by atoms with Gasteiger partial charge in [-0.15, -0.1) is 0 Å². The topological polar surface area (TPSA) is 84.7 Å². The van der Waals surface area contributed by atoms with E-state index in [4.69, 9.17) is 4.98 Å². The van der Waals surface area contributed by atoms with Crippen LogP contribution < -0.4 is 16.6 Å². The average Bonchev–Trinajstić information content (AvgIpc) is 3.54. The lowest BCUT2D eigenvalue weighted by Gasteiger charge is -2.22. The Hall–Kier alpha value is -3.19. The third kappa shape index (κ3) is 4.02. The van der Waals surface area contributed by atoms with E-state index in [1.807, 2.05) is 41.9 Å². The fourth-order valence-electron chi connectivity index (χ4n) is 4.68. The summed E-state index contributed by atoms with van der Waals surface area (Å²) in [6.07, 6.45) is 3.45. The smallest absolute Gasteiger partial charge is 0.332 e. The number of H-pyrrole nitrogens is 1. The van der Waals surface area contributed by atoms with Crippen molar-refractivity contribution >= 4 is 21.9 Å². The quantitative estimate of drug-likeness (QED) is 0.427. The van der Waals surface area contributed by atoms with Gasteiger partial charge in [0.15, 0.2) is 0 Å². The summed E-state index contributed by atoms with van der Waals surface area (Å²) < 4.78 is 3.28. The Balaban J connectivity index is 1.73. The highest BCUT2D eigenvalue weighted by Crippen LogP contribution is 2.33. The summed E-state index contributed by atoms with van der Waals surface area (Å²) in [7, 11) is 1.93. The molecule has 1 aliphatic rings. The monoisotopic (exact) mass is 445 g/mol. The van der Waals surface area contributed by atoms with Gasteiger partial charge in [0, 0.05) is 12.6 Å². The zero-order chi connectivity index (χ0) is 23.1. The lowest BCUT2D eigenvalue weighted by Crippen LogP contribution is -2.41. The molecule has 0 bridgehead atoms. The highest BCUT2D eigenvalue weighted by Gasteiger charge is 2.31. The fraction of sp³-hybridized carbons (Fsp3) is 0.423. The zero-order valence-corrected chi connectivity index (χ0v) is 19.5. The molecule has 4 aromatic rings. The molecule has 7 heteroatoms. The van der Waals surface area contributed by atoms with Crippen molar-refractivity contribution in [2.45, 2.75) is 58.2 Å². The van der Waals surface area contributed by atoms with Gasteiger partial charge in [-0.2, -0.15) is 0 Å². The van der Waals surface area contributed by atoms with Gasteiger partial charge < -0.3 is 10.3 Å². The lowest BCUT2D eigenvalue weighted by molar-refractivity contribution is 0.432. The van der Waals surface area contributed by atoms with Crippen molar-refractivity contribution in [2.75, 3.05) is 7.05 Å². The van der Waals surface area contributed by atoms with Gasteiger partial charge in [-0.1, -0.05) is 32.0 Å². The maximum atomic E-state index is 13.8. The third-order valence-corrected chi connectivity index (χ3v) is 6.53. The number of para-hydroxylation sites is 1. The molecule has 2 N–H and O–H groups in total. The average molecular weight is 446 g/mol. The standard InChI is InChI=1S/C26H31N5O2/c1-16(2)8-13-23(24-28-20-12-9-17(15-27-3)14-21(20)29-24)31-22-7-5-4-6-19(22)25(32)30(26(31)33)18-10-11-18/h4-7,9,12,14,16,18,23,27H,8,10-11,13,15H2,1-3H3,(H,28,29). The van der Waals surface area contributed by atoms with Gasteiger partial charge in [0.25, 0.3) is 5.56 Å². The summed E-state index contributed by atoms with van der Waals surface area (Å²) in [5.41, 5.74) is 3.27. The molecule has 1 atom stereocenters. The van der Waals surface area contributed by atoms with Crippen LogP contribution in [0.4, 0.5) is 0 Å². The van der Waals surface area contributed by atoms with Gasteiger partial charge in [-0.3, -0.25) is 13.9 Å². The second kappa shape index (κ2) is 8.63. The highest BCUT2D eigenvalue weighted by atomic mass is 16.2. The van der Waals surface area contributed by atoms with E-state index >= 15 is 0 Å². The number of benzene rings is 2. The maximum Gasteiger partial charge on any atom is 0.332 e. The van der Waals surface area contributed by atoms with Crippen LogP contribution in [0.5, 0.6) is 0 Å². The molecule has 2 aromatic carbocycles. The van der Waals surface area contributed by atoms with E-state index in [9.17, 15) is 9.59 Å². The van der Waals surface area contributed by atoms with Crippen molar-refractivity contribution in [1.29, 1.82) is 0 Å². The van der Waals surface area contributed by atoms with Gasteiger partial charge in [-0.25, -0.2) is 9.78 Å². The first-order chi connectivity index (χ1) is 16.0. The zero-order valence-electron chi connectivity index (χ0n) is 19.5. The van der Waals surface area contributed by atoms with Gasteiger partial charge in [-0.05, 0) is 68.5 Å². The molecule has 1 saturated carbocycles. The highest BCUT2D eigenvalue weighted by molar-refractivity contribution is 5.79. The second-order valence-electron chi connectivity index (χ2n) is 9.57. The number of nitrogens with one attached hydrogen (secondary N) is 2. The van der Waals surface area contributed by atoms with Crippen LogP contribution in [0.1, 0.15) is 63.0 Å². The molecule has 0 amide bonds. The minimum atomic E-state index is -0.282. The van der Waals surface area contributed by atoms with Gasteiger partial charge in [0.1, 0.15) is 5.82 Å². The summed E-state index contributed by atoms with van der Waals surface area (Å²) in [5, 5.41) is 3.77. The van der Waals surface area contributed by atoms with E-state index in [1.165, 1.54) is 10.1 Å². The van der Waals surface area contributed by atoms with E-state index in [0.717, 1.165) is 49.1 Å². The Kier molecular flexibility index (Phi) is 5.66. The SMILES string of the molecule is CNCc1ccc2nc(C(CCC(C)C)n3c(=O)n(C4CC4)c(=O)c4ccccc43)[nH]c2c1. The second-order valence-corrected chi connectivity index (χ2v) is 9.57. The number of rotatable bonds is 8. The van der Waals surface area contributed by atoms with Crippen molar-refractivity contribution in [2.24, 2.45) is 5.92 Å². The number of fused-ring (bicyclic) bond motifs is 2. The minimum Gasteiger partial charge on any atom is -0.340 e. The number of aromatic nitrogens is 4. The molecular formula is C26H31N5O2. The Labute approximate surface area is 192 Å². The normalized spacial score (nSPS) is 15.0. The van der Waals surface area contributed by atoms with E-state index in [0.29, 0.717) is 16.8 Å². The summed E-state index contributed by atoms with van der Waals surface area (Å²) >= 11 is 0. The molecule has 1 unspecified atom stereocenters. The molecule has 172 valence electrons. The van der Waals surface area contributed by atoms with Crippen molar-refractivity contribution < 1.29 is 0 Å². The van der Waals surface area contributed by atoms with E-state index in [2.05, 4.69) is 36.3 Å². The predicted molar refractivity (Wildman–Crippen MR) is 132 cm³/mol. The molecule has 33 heavy (non-hydrogen) atoms. The number of hydrogen-bond acceptors (Lipinski definition) is 4. The summed E-state index contributed by atoms with van der Waals surface area (Å²) in [5.74, 6) is 1.25. The van der Waals surface area contributed by atoms with Crippen LogP contribution in [-0.2, 0) is 6.54 Å². The molecule has 0 aliphatic heterocycles. The number of imidazole rings is 1. The van der Waals surface area contributed by atoms with Crippen molar-refractivity contribution in [3.8, 4) is 0 Å². The van der Waals surface area contributed by atoms with Crippen LogP contribution in [0.15, 0.2) is 52.1 Å². The molecule has 2 aromatic heterocycles. The first-order valence-corrected chi connectivity index (χ1v) is 11.9. The predicted octanol–water partition coefficient (Wildman–Crippen LogP) is 4.12. The molecule has 5 rings (SSSR count). The summed E-state index contributed by atoms with van der Waals surface area (Å²) in [4.78, 5) is 35.4. The number of hydrogen-bond donors (Lipinski definition) is 2. The van der Waals surface area contributed by atoms with E-state index in [-0.39, 0.29) is 23.3 Å². The molecule has 0 spiro atoms. The Morgan fingerprint density at radius 3 is 2.64 bits per heavy atom. The molecule has 7 nitrogen and oxygen atoms in total. The largest absolute Gasteiger partial charge is 0.340 e. The van der Waals surface area contributed by atoms with Crippen LogP contribution in [-0.4, -0.2) is 26.1 Å². The van der Waals surface area contributed by atoms with Crippen LogP contribution in [0.3, 0.4) is 0 Å². The summed E-state index contributed by atoms with van der Waals surface area (Å²) in [6.45, 7) is 5.15. The Bertz CT molecular complexity index is 1420. The van der Waals surface area contributed by atoms with Crippen LogP contribution >= 0.6 is 0 Å². The Morgan fingerprint density at radius 2 is 1.91 bits per heavy atom. The molecule has 2 heterocycles. The minimum absolute atomic E-state index is 0.00591. The Morgan fingerprint density at radius 1 is 1.12 bits per heavy atom.